The van der Waals surface area contributed by atoms with E-state index in [2.05, 4.69) is 43.0 Å². The Kier molecular flexibility index (Phi) is 6.65. The van der Waals surface area contributed by atoms with Crippen molar-refractivity contribution in [3.63, 3.8) is 0 Å². The summed E-state index contributed by atoms with van der Waals surface area (Å²) in [7, 11) is 0. The van der Waals surface area contributed by atoms with Crippen molar-refractivity contribution in [2.75, 3.05) is 12.8 Å². The lowest BCUT2D eigenvalue weighted by Crippen LogP contribution is -2.34. The second kappa shape index (κ2) is 7.78. The van der Waals surface area contributed by atoms with Crippen molar-refractivity contribution in [1.29, 1.82) is 0 Å². The summed E-state index contributed by atoms with van der Waals surface area (Å²) >= 11 is 1.49. The van der Waals surface area contributed by atoms with Crippen molar-refractivity contribution in [2.45, 2.75) is 46.6 Å². The van der Waals surface area contributed by atoms with E-state index in [9.17, 15) is 4.79 Å². The van der Waals surface area contributed by atoms with Gasteiger partial charge in [-0.05, 0) is 37.9 Å². The van der Waals surface area contributed by atoms with Crippen molar-refractivity contribution in [3.8, 4) is 0 Å². The molecule has 0 bridgehead atoms. The second-order valence-corrected chi connectivity index (χ2v) is 6.90. The van der Waals surface area contributed by atoms with Gasteiger partial charge in [0, 0.05) is 6.54 Å². The van der Waals surface area contributed by atoms with Crippen LogP contribution < -0.4 is 5.32 Å². The summed E-state index contributed by atoms with van der Waals surface area (Å²) in [5.74, 6) is 2.19. The Morgan fingerprint density at radius 3 is 2.19 bits per heavy atom. The van der Waals surface area contributed by atoms with E-state index in [1.165, 1.54) is 11.8 Å². The van der Waals surface area contributed by atoms with Crippen molar-refractivity contribution in [2.24, 2.45) is 17.8 Å². The Morgan fingerprint density at radius 2 is 1.71 bits per heavy atom. The van der Waals surface area contributed by atoms with Gasteiger partial charge in [-0.1, -0.05) is 27.7 Å². The van der Waals surface area contributed by atoms with Gasteiger partial charge in [-0.25, -0.2) is 9.97 Å². The van der Waals surface area contributed by atoms with Gasteiger partial charge in [-0.15, -0.1) is 11.8 Å². The number of rotatable bonds is 6. The average Bonchev–Trinajstić information content (AvgIpc) is 2.36. The van der Waals surface area contributed by atoms with Crippen LogP contribution in [0.5, 0.6) is 0 Å². The molecule has 1 rings (SSSR count). The summed E-state index contributed by atoms with van der Waals surface area (Å²) in [4.78, 5) is 21.2. The average molecular weight is 309 g/mol. The Morgan fingerprint density at radius 1 is 1.14 bits per heavy atom. The van der Waals surface area contributed by atoms with Crippen LogP contribution in [0.3, 0.4) is 0 Å². The van der Waals surface area contributed by atoms with Crippen molar-refractivity contribution < 1.29 is 4.79 Å². The van der Waals surface area contributed by atoms with E-state index in [0.717, 1.165) is 10.7 Å². The topological polar surface area (TPSA) is 54.9 Å². The first-order valence-corrected chi connectivity index (χ1v) is 8.67. The number of carbonyl (C=O) groups excluding carboxylic acids is 1. The smallest absolute Gasteiger partial charge is 0.255 e. The number of nitrogens with zero attached hydrogens (tertiary/aromatic N) is 2. The molecule has 1 N–H and O–H groups in total. The monoisotopic (exact) mass is 309 g/mol. The van der Waals surface area contributed by atoms with E-state index in [1.807, 2.05) is 20.1 Å². The first-order valence-electron chi connectivity index (χ1n) is 7.45. The molecule has 1 heterocycles. The molecule has 0 unspecified atom stereocenters. The van der Waals surface area contributed by atoms with Gasteiger partial charge in [-0.2, -0.15) is 0 Å². The van der Waals surface area contributed by atoms with Crippen LogP contribution in [0.2, 0.25) is 0 Å². The molecule has 0 saturated heterocycles. The molecule has 1 amide bonds. The fourth-order valence-corrected chi connectivity index (χ4v) is 3.30. The number of aryl methyl sites for hydroxylation is 2. The van der Waals surface area contributed by atoms with Gasteiger partial charge >= 0.3 is 0 Å². The van der Waals surface area contributed by atoms with E-state index in [0.29, 0.717) is 35.7 Å². The lowest BCUT2D eigenvalue weighted by molar-refractivity contribution is 0.0932. The maximum atomic E-state index is 12.5. The Balaban J connectivity index is 2.90. The highest BCUT2D eigenvalue weighted by Gasteiger charge is 2.21. The van der Waals surface area contributed by atoms with Crippen LogP contribution >= 0.6 is 11.8 Å². The fraction of sp³-hybridized carbons (Fsp3) is 0.688. The normalized spacial score (nSPS) is 11.5. The molecule has 5 heteroatoms. The molecule has 1 aromatic rings. The fourth-order valence-electron chi connectivity index (χ4n) is 2.63. The van der Waals surface area contributed by atoms with Crippen LogP contribution in [-0.2, 0) is 0 Å². The zero-order chi connectivity index (χ0) is 16.2. The predicted octanol–water partition coefficient (Wildman–Crippen LogP) is 3.47. The SMILES string of the molecule is CSc1nc(C)nc(C)c1C(=O)NCC(C(C)C)C(C)C. The third kappa shape index (κ3) is 4.70. The van der Waals surface area contributed by atoms with Crippen LogP contribution in [0.4, 0.5) is 0 Å². The first kappa shape index (κ1) is 18.0. The molecule has 0 atom stereocenters. The molecule has 0 aliphatic rings. The molecule has 0 saturated carbocycles. The van der Waals surface area contributed by atoms with Gasteiger partial charge in [0.1, 0.15) is 10.9 Å². The molecule has 21 heavy (non-hydrogen) atoms. The molecule has 1 aromatic heterocycles. The molecule has 0 aliphatic heterocycles. The molecule has 0 aromatic carbocycles. The maximum Gasteiger partial charge on any atom is 0.255 e. The third-order valence-electron chi connectivity index (χ3n) is 3.80. The first-order chi connectivity index (χ1) is 9.77. The van der Waals surface area contributed by atoms with E-state index in [1.54, 1.807) is 0 Å². The molecular weight excluding hydrogens is 282 g/mol. The number of hydrogen-bond donors (Lipinski definition) is 1. The Hall–Kier alpha value is -1.10. The molecule has 0 spiro atoms. The zero-order valence-electron chi connectivity index (χ0n) is 14.2. The van der Waals surface area contributed by atoms with Crippen molar-refractivity contribution in [3.05, 3.63) is 17.1 Å². The van der Waals surface area contributed by atoms with Crippen LogP contribution in [0.15, 0.2) is 5.03 Å². The number of aromatic nitrogens is 2. The highest BCUT2D eigenvalue weighted by atomic mass is 32.2. The third-order valence-corrected chi connectivity index (χ3v) is 4.48. The van der Waals surface area contributed by atoms with Crippen LogP contribution in [0.25, 0.3) is 0 Å². The van der Waals surface area contributed by atoms with Gasteiger partial charge in [0.25, 0.3) is 5.91 Å². The lowest BCUT2D eigenvalue weighted by atomic mass is 9.85. The minimum atomic E-state index is -0.0665. The summed E-state index contributed by atoms with van der Waals surface area (Å²) in [6.45, 7) is 13.2. The van der Waals surface area contributed by atoms with E-state index in [4.69, 9.17) is 0 Å². The summed E-state index contributed by atoms with van der Waals surface area (Å²) in [6.07, 6.45) is 1.93. The highest BCUT2D eigenvalue weighted by Crippen LogP contribution is 2.22. The standard InChI is InChI=1S/C16H27N3OS/c1-9(2)13(10(3)4)8-17-15(20)14-11(5)18-12(6)19-16(14)21-7/h9-10,13H,8H2,1-7H3,(H,17,20). The van der Waals surface area contributed by atoms with Crippen molar-refractivity contribution >= 4 is 17.7 Å². The number of thioether (sulfide) groups is 1. The predicted molar refractivity (Wildman–Crippen MR) is 88.8 cm³/mol. The van der Waals surface area contributed by atoms with Crippen LogP contribution in [0, 0.1) is 31.6 Å². The quantitative estimate of drug-likeness (QED) is 0.646. The van der Waals surface area contributed by atoms with Crippen LogP contribution in [-0.4, -0.2) is 28.7 Å². The van der Waals surface area contributed by atoms with Gasteiger partial charge in [0.05, 0.1) is 11.3 Å². The number of carbonyl (C=O) groups is 1. The number of amides is 1. The minimum Gasteiger partial charge on any atom is -0.352 e. The van der Waals surface area contributed by atoms with E-state index in [-0.39, 0.29) is 5.91 Å². The summed E-state index contributed by atoms with van der Waals surface area (Å²) in [5.41, 5.74) is 1.36. The Bertz CT molecular complexity index is 493. The molecule has 0 aliphatic carbocycles. The Labute approximate surface area is 132 Å². The zero-order valence-corrected chi connectivity index (χ0v) is 15.0. The minimum absolute atomic E-state index is 0.0665. The largest absolute Gasteiger partial charge is 0.352 e. The molecule has 4 nitrogen and oxygen atoms in total. The number of hydrogen-bond acceptors (Lipinski definition) is 4. The summed E-state index contributed by atoms with van der Waals surface area (Å²) < 4.78 is 0. The van der Waals surface area contributed by atoms with Crippen LogP contribution in [0.1, 0.15) is 49.6 Å². The summed E-state index contributed by atoms with van der Waals surface area (Å²) in [5, 5.41) is 3.82. The molecular formula is C16H27N3OS. The second-order valence-electron chi connectivity index (χ2n) is 6.10. The van der Waals surface area contributed by atoms with E-state index < -0.39 is 0 Å². The van der Waals surface area contributed by atoms with Gasteiger partial charge < -0.3 is 5.32 Å². The highest BCUT2D eigenvalue weighted by molar-refractivity contribution is 7.98. The van der Waals surface area contributed by atoms with Crippen molar-refractivity contribution in [1.82, 2.24) is 15.3 Å². The lowest BCUT2D eigenvalue weighted by Gasteiger charge is -2.25. The summed E-state index contributed by atoms with van der Waals surface area (Å²) in [6, 6.07) is 0. The molecule has 0 fully saturated rings. The molecule has 0 radical (unpaired) electrons. The van der Waals surface area contributed by atoms with Gasteiger partial charge in [-0.3, -0.25) is 4.79 Å². The maximum absolute atomic E-state index is 12.5. The van der Waals surface area contributed by atoms with E-state index >= 15 is 0 Å². The molecule has 118 valence electrons. The van der Waals surface area contributed by atoms with Gasteiger partial charge in [0.2, 0.25) is 0 Å². The number of nitrogens with one attached hydrogen (secondary N) is 1. The van der Waals surface area contributed by atoms with Gasteiger partial charge in [0.15, 0.2) is 0 Å².